The van der Waals surface area contributed by atoms with Crippen molar-refractivity contribution in [2.75, 3.05) is 13.1 Å². The van der Waals surface area contributed by atoms with Gasteiger partial charge in [0.1, 0.15) is 12.2 Å². The van der Waals surface area contributed by atoms with Gasteiger partial charge in [-0.15, -0.1) is 0 Å². The zero-order valence-electron chi connectivity index (χ0n) is 12.9. The van der Waals surface area contributed by atoms with Gasteiger partial charge in [0.05, 0.1) is 19.2 Å². The van der Waals surface area contributed by atoms with Crippen LogP contribution in [0.2, 0.25) is 0 Å². The maximum Gasteiger partial charge on any atom is 0.237 e. The van der Waals surface area contributed by atoms with Crippen molar-refractivity contribution < 1.29 is 9.18 Å². The zero-order valence-corrected chi connectivity index (χ0v) is 12.9. The summed E-state index contributed by atoms with van der Waals surface area (Å²) in [6.07, 6.45) is 6.83. The van der Waals surface area contributed by atoms with Gasteiger partial charge in [-0.2, -0.15) is 5.26 Å². The average Bonchev–Trinajstić information content (AvgIpc) is 2.85. The Morgan fingerprint density at radius 3 is 2.32 bits per heavy atom. The molecule has 4 nitrogen and oxygen atoms in total. The summed E-state index contributed by atoms with van der Waals surface area (Å²) in [5, 5.41) is 12.6. The number of likely N-dealkylation sites (tertiary alicyclic amines) is 1. The summed E-state index contributed by atoms with van der Waals surface area (Å²) in [6.45, 7) is 0.344. The molecule has 5 rings (SSSR count). The predicted molar refractivity (Wildman–Crippen MR) is 79.5 cm³/mol. The van der Waals surface area contributed by atoms with Crippen LogP contribution in [0, 0.1) is 29.1 Å². The maximum atomic E-state index is 13.5. The lowest BCUT2D eigenvalue weighted by Crippen LogP contribution is -2.60. The van der Waals surface area contributed by atoms with Crippen LogP contribution in [0.15, 0.2) is 0 Å². The molecular weight excluding hydrogens is 281 g/mol. The fourth-order valence-electron chi connectivity index (χ4n) is 5.87. The molecule has 5 heteroatoms. The van der Waals surface area contributed by atoms with Gasteiger partial charge in [0.2, 0.25) is 5.91 Å². The first-order valence-corrected chi connectivity index (χ1v) is 8.65. The smallest absolute Gasteiger partial charge is 0.237 e. The molecule has 0 aromatic carbocycles. The molecule has 1 saturated heterocycles. The van der Waals surface area contributed by atoms with Crippen molar-refractivity contribution in [1.29, 1.82) is 5.26 Å². The van der Waals surface area contributed by atoms with E-state index in [-0.39, 0.29) is 31.0 Å². The second kappa shape index (κ2) is 5.19. The van der Waals surface area contributed by atoms with Crippen molar-refractivity contribution in [3.63, 3.8) is 0 Å². The molecule has 4 aliphatic carbocycles. The summed E-state index contributed by atoms with van der Waals surface area (Å²) in [5.41, 5.74) is 0.140. The molecule has 1 heterocycles. The lowest BCUT2D eigenvalue weighted by atomic mass is 9.53. The minimum absolute atomic E-state index is 0.0830. The molecule has 1 amide bonds. The number of nitrogens with zero attached hydrogens (tertiary/aromatic N) is 2. The Kier molecular flexibility index (Phi) is 3.41. The summed E-state index contributed by atoms with van der Waals surface area (Å²) in [4.78, 5) is 13.8. The summed E-state index contributed by atoms with van der Waals surface area (Å²) >= 11 is 0. The highest BCUT2D eigenvalue weighted by molar-refractivity contribution is 5.79. The lowest BCUT2D eigenvalue weighted by Gasteiger charge is -2.57. The molecule has 22 heavy (non-hydrogen) atoms. The molecule has 5 fully saturated rings. The van der Waals surface area contributed by atoms with Crippen molar-refractivity contribution in [2.24, 2.45) is 17.8 Å². The van der Waals surface area contributed by atoms with Crippen molar-refractivity contribution >= 4 is 5.91 Å². The van der Waals surface area contributed by atoms with E-state index in [2.05, 4.69) is 11.4 Å². The number of amides is 1. The van der Waals surface area contributed by atoms with Gasteiger partial charge in [0, 0.05) is 12.0 Å². The monoisotopic (exact) mass is 305 g/mol. The molecule has 2 atom stereocenters. The van der Waals surface area contributed by atoms with Crippen LogP contribution in [0.25, 0.3) is 0 Å². The summed E-state index contributed by atoms with van der Waals surface area (Å²) in [6, 6.07) is 1.47. The van der Waals surface area contributed by atoms with E-state index >= 15 is 0 Å². The third-order valence-corrected chi connectivity index (χ3v) is 6.37. The van der Waals surface area contributed by atoms with E-state index in [1.54, 1.807) is 0 Å². The predicted octanol–water partition coefficient (Wildman–Crippen LogP) is 2.01. The van der Waals surface area contributed by atoms with E-state index in [0.717, 1.165) is 17.8 Å². The third kappa shape index (κ3) is 2.42. The Hall–Kier alpha value is -1.15. The molecule has 0 spiro atoms. The number of carbonyl (C=O) groups is 1. The number of hydrogen-bond donors (Lipinski definition) is 1. The Bertz CT molecular complexity index is 479. The fourth-order valence-corrected chi connectivity index (χ4v) is 5.87. The normalized spacial score (nSPS) is 46.0. The SMILES string of the molecule is N#C[C@@H]1C[C@H](F)CN1C(=O)CNC12CC3CC(CC(C3)C1)C2. The van der Waals surface area contributed by atoms with Crippen molar-refractivity contribution in [2.45, 2.75) is 62.7 Å². The highest BCUT2D eigenvalue weighted by Crippen LogP contribution is 2.55. The molecule has 0 unspecified atom stereocenters. The van der Waals surface area contributed by atoms with Crippen LogP contribution < -0.4 is 5.32 Å². The molecular formula is C17H24FN3O. The highest BCUT2D eigenvalue weighted by atomic mass is 19.1. The Labute approximate surface area is 131 Å². The second-order valence-corrected chi connectivity index (χ2v) is 8.08. The highest BCUT2D eigenvalue weighted by Gasteiger charge is 2.51. The quantitative estimate of drug-likeness (QED) is 0.868. The first kappa shape index (κ1) is 14.4. The number of hydrogen-bond acceptors (Lipinski definition) is 3. The third-order valence-electron chi connectivity index (χ3n) is 6.37. The first-order chi connectivity index (χ1) is 10.6. The molecule has 4 saturated carbocycles. The van der Waals surface area contributed by atoms with Crippen molar-refractivity contribution in [3.05, 3.63) is 0 Å². The van der Waals surface area contributed by atoms with Gasteiger partial charge in [-0.3, -0.25) is 4.79 Å². The van der Waals surface area contributed by atoms with Gasteiger partial charge in [0.15, 0.2) is 0 Å². The van der Waals surface area contributed by atoms with E-state index in [0.29, 0.717) is 0 Å². The van der Waals surface area contributed by atoms with Crippen LogP contribution >= 0.6 is 0 Å². The molecule has 0 aromatic rings. The number of alkyl halides is 1. The second-order valence-electron chi connectivity index (χ2n) is 8.08. The van der Waals surface area contributed by atoms with Crippen LogP contribution in [-0.4, -0.2) is 41.6 Å². The maximum absolute atomic E-state index is 13.5. The molecule has 0 radical (unpaired) electrons. The number of halogens is 1. The molecule has 5 aliphatic rings. The van der Waals surface area contributed by atoms with Crippen LogP contribution in [0.1, 0.15) is 44.9 Å². The summed E-state index contributed by atoms with van der Waals surface area (Å²) in [5.74, 6) is 2.40. The Morgan fingerprint density at radius 1 is 1.18 bits per heavy atom. The van der Waals surface area contributed by atoms with Gasteiger partial charge >= 0.3 is 0 Å². The number of carbonyl (C=O) groups excluding carboxylic acids is 1. The molecule has 4 bridgehead atoms. The summed E-state index contributed by atoms with van der Waals surface area (Å²) < 4.78 is 13.5. The van der Waals surface area contributed by atoms with Gasteiger partial charge in [-0.05, 0) is 56.3 Å². The van der Waals surface area contributed by atoms with Crippen molar-refractivity contribution in [1.82, 2.24) is 10.2 Å². The molecule has 1 aliphatic heterocycles. The standard InChI is InChI=1S/C17H24FN3O/c18-14-4-15(8-19)21(10-14)16(22)9-20-17-5-11-1-12(6-17)3-13(2-11)7-17/h11-15,20H,1-7,9-10H2/t11?,12?,13?,14-,15-,17?/m0/s1. The largest absolute Gasteiger partial charge is 0.323 e. The molecule has 120 valence electrons. The fraction of sp³-hybridized carbons (Fsp3) is 0.882. The van der Waals surface area contributed by atoms with E-state index in [1.165, 1.54) is 43.4 Å². The van der Waals surface area contributed by atoms with Crippen molar-refractivity contribution in [3.8, 4) is 6.07 Å². The van der Waals surface area contributed by atoms with E-state index in [4.69, 9.17) is 5.26 Å². The van der Waals surface area contributed by atoms with Crippen LogP contribution in [-0.2, 0) is 4.79 Å². The molecule has 1 N–H and O–H groups in total. The number of nitrogens with one attached hydrogen (secondary N) is 1. The van der Waals surface area contributed by atoms with E-state index in [9.17, 15) is 9.18 Å². The lowest BCUT2D eigenvalue weighted by molar-refractivity contribution is -0.131. The number of nitriles is 1. The summed E-state index contributed by atoms with van der Waals surface area (Å²) in [7, 11) is 0. The Morgan fingerprint density at radius 2 is 1.77 bits per heavy atom. The van der Waals surface area contributed by atoms with E-state index < -0.39 is 12.2 Å². The van der Waals surface area contributed by atoms with Gasteiger partial charge in [0.25, 0.3) is 0 Å². The van der Waals surface area contributed by atoms with Crippen LogP contribution in [0.5, 0.6) is 0 Å². The Balaban J connectivity index is 1.38. The minimum Gasteiger partial charge on any atom is -0.323 e. The van der Waals surface area contributed by atoms with Gasteiger partial charge < -0.3 is 10.2 Å². The van der Waals surface area contributed by atoms with Gasteiger partial charge in [-0.1, -0.05) is 0 Å². The van der Waals surface area contributed by atoms with E-state index in [1.807, 2.05) is 0 Å². The topological polar surface area (TPSA) is 56.1 Å². The zero-order chi connectivity index (χ0) is 15.3. The van der Waals surface area contributed by atoms with Crippen LogP contribution in [0.4, 0.5) is 4.39 Å². The average molecular weight is 305 g/mol. The molecule has 0 aromatic heterocycles. The first-order valence-electron chi connectivity index (χ1n) is 8.65. The van der Waals surface area contributed by atoms with Gasteiger partial charge in [-0.25, -0.2) is 4.39 Å². The van der Waals surface area contributed by atoms with Crippen LogP contribution in [0.3, 0.4) is 0 Å². The number of rotatable bonds is 3. The minimum atomic E-state index is -1.05.